The summed E-state index contributed by atoms with van der Waals surface area (Å²) in [7, 11) is 0. The normalized spacial score (nSPS) is 11.6. The van der Waals surface area contributed by atoms with Gasteiger partial charge in [0.05, 0.1) is 11.1 Å². The molecule has 2 heterocycles. The highest BCUT2D eigenvalue weighted by Gasteiger charge is 2.27. The quantitative estimate of drug-likeness (QED) is 0.150. The van der Waals surface area contributed by atoms with Crippen LogP contribution in [0.2, 0.25) is 0 Å². The van der Waals surface area contributed by atoms with Crippen molar-refractivity contribution in [2.24, 2.45) is 0 Å². The summed E-state index contributed by atoms with van der Waals surface area (Å²) in [6, 6.07) is 15.1. The molecule has 0 saturated heterocycles. The van der Waals surface area contributed by atoms with Crippen LogP contribution < -0.4 is 4.74 Å². The molecule has 194 valence electrons. The second kappa shape index (κ2) is 11.5. The zero-order valence-electron chi connectivity index (χ0n) is 21.0. The standard InChI is InChI=1S/C27H27I2N3O5/c1-5-35-16-32-24(29)23(28)30-25(32)22(33)20-14-31(26(34)37-27(2,3)4)21-13-18(11-12-19(20)21)36-15-17-9-7-6-8-10-17/h6-14H,5,15-16H2,1-4H3. The molecule has 10 heteroatoms. The van der Waals surface area contributed by atoms with Crippen molar-refractivity contribution >= 4 is 68.0 Å². The molecule has 0 radical (unpaired) electrons. The lowest BCUT2D eigenvalue weighted by Crippen LogP contribution is -2.26. The number of halogens is 2. The van der Waals surface area contributed by atoms with E-state index in [0.29, 0.717) is 39.1 Å². The van der Waals surface area contributed by atoms with Crippen LogP contribution >= 0.6 is 45.2 Å². The summed E-state index contributed by atoms with van der Waals surface area (Å²) in [6.45, 7) is 8.36. The molecule has 4 aromatic rings. The molecule has 0 amide bonds. The van der Waals surface area contributed by atoms with Crippen molar-refractivity contribution in [2.75, 3.05) is 6.61 Å². The lowest BCUT2D eigenvalue weighted by Gasteiger charge is -2.19. The highest BCUT2D eigenvalue weighted by molar-refractivity contribution is 14.1. The van der Waals surface area contributed by atoms with E-state index in [9.17, 15) is 9.59 Å². The van der Waals surface area contributed by atoms with Crippen LogP contribution in [-0.4, -0.2) is 38.2 Å². The van der Waals surface area contributed by atoms with E-state index in [1.165, 1.54) is 10.8 Å². The van der Waals surface area contributed by atoms with Crippen molar-refractivity contribution in [1.82, 2.24) is 14.1 Å². The number of aromatic nitrogens is 3. The van der Waals surface area contributed by atoms with Crippen molar-refractivity contribution in [3.63, 3.8) is 0 Å². The average molecular weight is 727 g/mol. The van der Waals surface area contributed by atoms with Crippen molar-refractivity contribution in [3.8, 4) is 5.75 Å². The van der Waals surface area contributed by atoms with E-state index in [4.69, 9.17) is 14.2 Å². The van der Waals surface area contributed by atoms with Crippen LogP contribution in [0.5, 0.6) is 5.75 Å². The lowest BCUT2D eigenvalue weighted by atomic mass is 10.1. The summed E-state index contributed by atoms with van der Waals surface area (Å²) < 4.78 is 21.8. The van der Waals surface area contributed by atoms with Crippen molar-refractivity contribution in [2.45, 2.75) is 46.6 Å². The minimum absolute atomic E-state index is 0.202. The Labute approximate surface area is 242 Å². The number of imidazole rings is 1. The van der Waals surface area contributed by atoms with Gasteiger partial charge in [-0.15, -0.1) is 0 Å². The highest BCUT2D eigenvalue weighted by Crippen LogP contribution is 2.30. The van der Waals surface area contributed by atoms with Gasteiger partial charge in [-0.05, 0) is 90.6 Å². The van der Waals surface area contributed by atoms with E-state index in [1.807, 2.05) is 37.3 Å². The Morgan fingerprint density at radius 1 is 1.05 bits per heavy atom. The van der Waals surface area contributed by atoms with Gasteiger partial charge in [0.2, 0.25) is 5.78 Å². The first-order valence-corrected chi connectivity index (χ1v) is 13.8. The minimum Gasteiger partial charge on any atom is -0.489 e. The van der Waals surface area contributed by atoms with Crippen molar-refractivity contribution in [1.29, 1.82) is 0 Å². The van der Waals surface area contributed by atoms with E-state index in [1.54, 1.807) is 43.5 Å². The van der Waals surface area contributed by atoms with Gasteiger partial charge >= 0.3 is 6.09 Å². The summed E-state index contributed by atoms with van der Waals surface area (Å²) in [4.78, 5) is 31.4. The molecular formula is C27H27I2N3O5. The zero-order valence-corrected chi connectivity index (χ0v) is 25.3. The Kier molecular flexibility index (Phi) is 8.59. The Bertz CT molecular complexity index is 1440. The van der Waals surface area contributed by atoms with Crippen LogP contribution in [0.25, 0.3) is 10.9 Å². The summed E-state index contributed by atoms with van der Waals surface area (Å²) in [5.74, 6) is 0.501. The Hall–Kier alpha value is -2.45. The fourth-order valence-electron chi connectivity index (χ4n) is 3.68. The molecule has 0 aliphatic heterocycles. The number of nitrogens with zero attached hydrogens (tertiary/aromatic N) is 3. The third-order valence-corrected chi connectivity index (χ3v) is 8.23. The molecule has 0 saturated carbocycles. The molecule has 0 atom stereocenters. The van der Waals surface area contributed by atoms with E-state index in [-0.39, 0.29) is 18.3 Å². The van der Waals surface area contributed by atoms with Gasteiger partial charge in [-0.3, -0.25) is 13.9 Å². The van der Waals surface area contributed by atoms with E-state index >= 15 is 0 Å². The van der Waals surface area contributed by atoms with Crippen LogP contribution in [0.15, 0.2) is 54.7 Å². The third-order valence-electron chi connectivity index (χ3n) is 5.35. The number of hydrogen-bond donors (Lipinski definition) is 0. The monoisotopic (exact) mass is 727 g/mol. The Balaban J connectivity index is 1.77. The fourth-order valence-corrected chi connectivity index (χ4v) is 4.69. The summed E-state index contributed by atoms with van der Waals surface area (Å²) in [6.07, 6.45) is 0.931. The molecular weight excluding hydrogens is 700 g/mol. The number of rotatable bonds is 8. The predicted molar refractivity (Wildman–Crippen MR) is 157 cm³/mol. The van der Waals surface area contributed by atoms with Crippen LogP contribution in [-0.2, 0) is 22.8 Å². The number of carbonyl (C=O) groups excluding carboxylic acids is 2. The second-order valence-corrected chi connectivity index (χ2v) is 11.3. The lowest BCUT2D eigenvalue weighted by molar-refractivity contribution is 0.0544. The number of ketones is 1. The van der Waals surface area contributed by atoms with Gasteiger partial charge in [-0.2, -0.15) is 0 Å². The van der Waals surface area contributed by atoms with E-state index in [2.05, 4.69) is 50.2 Å². The van der Waals surface area contributed by atoms with Gasteiger partial charge in [0.25, 0.3) is 0 Å². The second-order valence-electron chi connectivity index (χ2n) is 9.24. The van der Waals surface area contributed by atoms with Gasteiger partial charge < -0.3 is 14.2 Å². The predicted octanol–water partition coefficient (Wildman–Crippen LogP) is 6.63. The summed E-state index contributed by atoms with van der Waals surface area (Å²) in [5, 5.41) is 0.596. The number of benzene rings is 2. The number of carbonyl (C=O) groups is 2. The van der Waals surface area contributed by atoms with Gasteiger partial charge in [-0.25, -0.2) is 9.78 Å². The summed E-state index contributed by atoms with van der Waals surface area (Å²) in [5.41, 5.74) is 1.16. The first-order valence-electron chi connectivity index (χ1n) is 11.7. The highest BCUT2D eigenvalue weighted by atomic mass is 127. The van der Waals surface area contributed by atoms with Crippen LogP contribution in [0, 0.1) is 7.40 Å². The first kappa shape index (κ1) is 27.6. The molecule has 2 aromatic heterocycles. The smallest absolute Gasteiger partial charge is 0.419 e. The first-order chi connectivity index (χ1) is 17.6. The Morgan fingerprint density at radius 2 is 1.78 bits per heavy atom. The SMILES string of the molecule is CCOCn1c(C(=O)c2cn(C(=O)OC(C)(C)C)c3cc(OCc4ccccc4)ccc23)nc(I)c1I. The topological polar surface area (TPSA) is 84.6 Å². The average Bonchev–Trinajstić information content (AvgIpc) is 3.38. The summed E-state index contributed by atoms with van der Waals surface area (Å²) >= 11 is 4.25. The van der Waals surface area contributed by atoms with Crippen molar-refractivity contribution in [3.05, 3.63) is 79.1 Å². The van der Waals surface area contributed by atoms with Crippen LogP contribution in [0.3, 0.4) is 0 Å². The largest absolute Gasteiger partial charge is 0.489 e. The molecule has 8 nitrogen and oxygen atoms in total. The van der Waals surface area contributed by atoms with Crippen LogP contribution in [0.4, 0.5) is 4.79 Å². The number of ether oxygens (including phenoxy) is 3. The fraction of sp³-hybridized carbons (Fsp3) is 0.296. The van der Waals surface area contributed by atoms with Gasteiger partial charge in [-0.1, -0.05) is 30.3 Å². The van der Waals surface area contributed by atoms with Crippen LogP contribution in [0.1, 0.15) is 49.4 Å². The molecule has 0 unspecified atom stereocenters. The third kappa shape index (κ3) is 6.34. The van der Waals surface area contributed by atoms with E-state index < -0.39 is 11.7 Å². The molecule has 37 heavy (non-hydrogen) atoms. The molecule has 0 spiro atoms. The zero-order chi connectivity index (χ0) is 26.7. The van der Waals surface area contributed by atoms with Crippen molar-refractivity contribution < 1.29 is 23.8 Å². The molecule has 0 bridgehead atoms. The van der Waals surface area contributed by atoms with Gasteiger partial charge in [0.1, 0.15) is 32.1 Å². The maximum Gasteiger partial charge on any atom is 0.419 e. The van der Waals surface area contributed by atoms with Gasteiger partial charge in [0, 0.05) is 24.3 Å². The molecule has 0 aliphatic rings. The minimum atomic E-state index is -0.709. The molecule has 0 aliphatic carbocycles. The maximum atomic E-state index is 13.8. The molecule has 2 aromatic carbocycles. The maximum absolute atomic E-state index is 13.8. The molecule has 4 rings (SSSR count). The number of hydrogen-bond acceptors (Lipinski definition) is 6. The molecule has 0 N–H and O–H groups in total. The van der Waals surface area contributed by atoms with E-state index in [0.717, 1.165) is 9.26 Å². The molecule has 0 fully saturated rings. The van der Waals surface area contributed by atoms with Gasteiger partial charge in [0.15, 0.2) is 5.82 Å². The Morgan fingerprint density at radius 3 is 2.46 bits per heavy atom. The number of fused-ring (bicyclic) bond motifs is 1.